The van der Waals surface area contributed by atoms with E-state index < -0.39 is 48.4 Å². The van der Waals surface area contributed by atoms with Crippen LogP contribution < -0.4 is 0 Å². The lowest BCUT2D eigenvalue weighted by Crippen LogP contribution is -2.53. The van der Waals surface area contributed by atoms with Crippen LogP contribution in [-0.2, 0) is 10.2 Å². The van der Waals surface area contributed by atoms with E-state index in [4.69, 9.17) is 23.2 Å². The molecule has 0 aliphatic heterocycles. The van der Waals surface area contributed by atoms with Gasteiger partial charge >= 0.3 is 10.2 Å². The van der Waals surface area contributed by atoms with Gasteiger partial charge in [0.15, 0.2) is 0 Å². The molecule has 0 saturated heterocycles. The Balaban J connectivity index is 2.60. The van der Waals surface area contributed by atoms with E-state index in [1.165, 1.54) is 0 Å². The van der Waals surface area contributed by atoms with E-state index in [1.54, 1.807) is 13.8 Å². The van der Waals surface area contributed by atoms with Crippen LogP contribution in [0.1, 0.15) is 26.7 Å². The summed E-state index contributed by atoms with van der Waals surface area (Å²) >= 11 is 12.1. The van der Waals surface area contributed by atoms with Crippen LogP contribution >= 0.6 is 23.2 Å². The summed E-state index contributed by atoms with van der Waals surface area (Å²) in [6, 6.07) is -1.71. The van der Waals surface area contributed by atoms with Gasteiger partial charge in [-0.05, 0) is 24.2 Å². The normalized spacial score (nSPS) is 40.0. The fourth-order valence-electron chi connectivity index (χ4n) is 4.12. The van der Waals surface area contributed by atoms with Gasteiger partial charge in [0, 0.05) is 10.8 Å². The van der Waals surface area contributed by atoms with Crippen LogP contribution in [0.25, 0.3) is 0 Å². The number of nitrogens with zero attached hydrogens (tertiary/aromatic N) is 1. The predicted molar refractivity (Wildman–Crippen MR) is 66.1 cm³/mol. The Labute approximate surface area is 120 Å². The van der Waals surface area contributed by atoms with Crippen LogP contribution in [0, 0.1) is 16.7 Å². The topological polar surface area (TPSA) is 37.4 Å². The van der Waals surface area contributed by atoms with Gasteiger partial charge in [-0.1, -0.05) is 37.0 Å². The summed E-state index contributed by atoms with van der Waals surface area (Å²) < 4.78 is 59.8. The first-order valence-electron chi connectivity index (χ1n) is 5.77. The maximum absolute atomic E-state index is 13.2. The summed E-state index contributed by atoms with van der Waals surface area (Å²) in [5, 5.41) is -1.16. The highest BCUT2D eigenvalue weighted by atomic mass is 35.5. The van der Waals surface area contributed by atoms with Crippen LogP contribution in [-0.4, -0.2) is 29.9 Å². The number of hydrogen-bond donors (Lipinski definition) is 0. The van der Waals surface area contributed by atoms with E-state index >= 15 is 0 Å². The third-order valence-electron chi connectivity index (χ3n) is 5.01. The molecule has 19 heavy (non-hydrogen) atoms. The second kappa shape index (κ2) is 4.15. The fraction of sp³-hybridized carbons (Fsp3) is 1.00. The molecule has 1 unspecified atom stereocenters. The maximum atomic E-state index is 13.2. The summed E-state index contributed by atoms with van der Waals surface area (Å²) in [6.45, 7) is 3.25. The monoisotopic (exact) mass is 339 g/mol. The van der Waals surface area contributed by atoms with Crippen molar-refractivity contribution in [3.05, 3.63) is 0 Å². The number of hydrogen-bond acceptors (Lipinski definition) is 3. The van der Waals surface area contributed by atoms with E-state index in [9.17, 15) is 21.3 Å². The highest BCUT2D eigenvalue weighted by Crippen LogP contribution is 2.73. The molecule has 0 amide bonds. The maximum Gasteiger partial charge on any atom is 0.303 e. The number of rotatable bonds is 3. The molecule has 9 heteroatoms. The minimum atomic E-state index is -4.92. The Morgan fingerprint density at radius 1 is 1.32 bits per heavy atom. The standard InChI is InChI=1S/C10H14Cl2F3NO2S/c1-8(2)6-3-4-9(8,5-19(15,17)18)7(16(13)14)10(6,11)12/h6-7H,3-5H2,1-2H3/t6-,7?,9+/m0/s1. The molecule has 2 aliphatic carbocycles. The van der Waals surface area contributed by atoms with Gasteiger partial charge in [-0.15, -0.1) is 12.8 Å². The number of alkyl halides is 2. The van der Waals surface area contributed by atoms with Crippen LogP contribution in [0.15, 0.2) is 0 Å². The Kier molecular flexibility index (Phi) is 3.42. The van der Waals surface area contributed by atoms with Gasteiger partial charge in [-0.3, -0.25) is 0 Å². The average Bonchev–Trinajstić information content (AvgIpc) is 2.40. The summed E-state index contributed by atoms with van der Waals surface area (Å²) in [7, 11) is -4.92. The minimum Gasteiger partial charge on any atom is -0.195 e. The third kappa shape index (κ3) is 2.00. The van der Waals surface area contributed by atoms with Crippen LogP contribution in [0.4, 0.5) is 12.8 Å². The van der Waals surface area contributed by atoms with E-state index in [2.05, 4.69) is 0 Å². The van der Waals surface area contributed by atoms with Gasteiger partial charge in [0.25, 0.3) is 0 Å². The van der Waals surface area contributed by atoms with Gasteiger partial charge in [0.05, 0.1) is 5.75 Å². The van der Waals surface area contributed by atoms with Crippen molar-refractivity contribution in [2.45, 2.75) is 37.1 Å². The van der Waals surface area contributed by atoms with E-state index in [0.717, 1.165) is 0 Å². The summed E-state index contributed by atoms with van der Waals surface area (Å²) in [5.41, 5.74) is -2.38. The lowest BCUT2D eigenvalue weighted by atomic mass is 9.69. The molecule has 112 valence electrons. The molecule has 3 nitrogen and oxygen atoms in total. The Morgan fingerprint density at radius 2 is 1.84 bits per heavy atom. The van der Waals surface area contributed by atoms with Gasteiger partial charge in [0.1, 0.15) is 10.4 Å². The number of fused-ring (bicyclic) bond motifs is 2. The molecule has 0 aromatic rings. The van der Waals surface area contributed by atoms with Crippen molar-refractivity contribution in [3.8, 4) is 0 Å². The van der Waals surface area contributed by atoms with E-state index in [-0.39, 0.29) is 6.42 Å². The molecule has 0 aromatic heterocycles. The first kappa shape index (κ1) is 15.7. The Morgan fingerprint density at radius 3 is 2.26 bits per heavy atom. The van der Waals surface area contributed by atoms with Crippen LogP contribution in [0.2, 0.25) is 0 Å². The first-order chi connectivity index (χ1) is 8.36. The molecule has 0 aromatic carbocycles. The highest BCUT2D eigenvalue weighted by Gasteiger charge is 2.77. The van der Waals surface area contributed by atoms with Crippen LogP contribution in [0.3, 0.4) is 0 Å². The zero-order chi connectivity index (χ0) is 14.9. The summed E-state index contributed by atoms with van der Waals surface area (Å²) in [6.07, 6.45) is 0.559. The largest absolute Gasteiger partial charge is 0.303 e. The smallest absolute Gasteiger partial charge is 0.195 e. The van der Waals surface area contributed by atoms with Gasteiger partial charge in [-0.25, -0.2) is 0 Å². The lowest BCUT2D eigenvalue weighted by molar-refractivity contribution is -0.218. The Hall–Kier alpha value is 0.280. The summed E-state index contributed by atoms with van der Waals surface area (Å²) in [4.78, 5) is 0. The molecule has 3 atom stereocenters. The number of halogens is 5. The SMILES string of the molecule is CC1(C)[C@@H]2CC[C@@]1(CS(=O)(=O)F)C(N(F)F)C2(Cl)Cl. The lowest BCUT2D eigenvalue weighted by Gasteiger charge is -2.42. The molecule has 2 rings (SSSR count). The second-order valence-corrected chi connectivity index (χ2v) is 8.80. The molecular weight excluding hydrogens is 326 g/mol. The Bertz CT molecular complexity index is 497. The van der Waals surface area contributed by atoms with Crippen molar-refractivity contribution in [2.75, 3.05) is 5.75 Å². The molecular formula is C10H14Cl2F3NO2S. The zero-order valence-electron chi connectivity index (χ0n) is 10.3. The quantitative estimate of drug-likeness (QED) is 0.449. The second-order valence-electron chi connectivity index (χ2n) is 5.99. The van der Waals surface area contributed by atoms with E-state index in [0.29, 0.717) is 6.42 Å². The van der Waals surface area contributed by atoms with Crippen molar-refractivity contribution >= 4 is 33.4 Å². The summed E-state index contributed by atoms with van der Waals surface area (Å²) in [5.74, 6) is -1.50. The van der Waals surface area contributed by atoms with Crippen LogP contribution in [0.5, 0.6) is 0 Å². The molecule has 0 N–H and O–H groups in total. The van der Waals surface area contributed by atoms with Gasteiger partial charge in [-0.2, -0.15) is 8.42 Å². The highest BCUT2D eigenvalue weighted by molar-refractivity contribution is 7.86. The van der Waals surface area contributed by atoms with Crippen molar-refractivity contribution in [1.82, 2.24) is 5.34 Å². The fourth-order valence-corrected chi connectivity index (χ4v) is 6.73. The molecule has 0 spiro atoms. The van der Waals surface area contributed by atoms with Gasteiger partial charge < -0.3 is 0 Å². The molecule has 2 bridgehead atoms. The first-order valence-corrected chi connectivity index (χ1v) is 8.08. The molecule has 0 radical (unpaired) electrons. The molecule has 2 saturated carbocycles. The van der Waals surface area contributed by atoms with Crippen molar-refractivity contribution in [1.29, 1.82) is 0 Å². The van der Waals surface area contributed by atoms with Crippen molar-refractivity contribution in [3.63, 3.8) is 0 Å². The molecule has 0 heterocycles. The van der Waals surface area contributed by atoms with E-state index in [1.807, 2.05) is 0 Å². The van der Waals surface area contributed by atoms with Gasteiger partial charge in [0.2, 0.25) is 0 Å². The average molecular weight is 340 g/mol. The molecule has 2 aliphatic rings. The minimum absolute atomic E-state index is 0.157. The zero-order valence-corrected chi connectivity index (χ0v) is 12.7. The third-order valence-corrected chi connectivity index (χ3v) is 6.81. The van der Waals surface area contributed by atoms with Crippen molar-refractivity contribution < 1.29 is 21.3 Å². The van der Waals surface area contributed by atoms with Crippen molar-refractivity contribution in [2.24, 2.45) is 16.7 Å². The predicted octanol–water partition coefficient (Wildman–Crippen LogP) is 3.34. The molecule has 2 fully saturated rings.